The number of likely N-dealkylation sites (tertiary alicyclic amines) is 1. The van der Waals surface area contributed by atoms with Gasteiger partial charge in [-0.1, -0.05) is 25.5 Å². The Morgan fingerprint density at radius 1 is 1.40 bits per heavy atom. The lowest BCUT2D eigenvalue weighted by atomic mass is 10.1. The van der Waals surface area contributed by atoms with E-state index in [9.17, 15) is 4.79 Å². The molecule has 0 aromatic heterocycles. The van der Waals surface area contributed by atoms with Gasteiger partial charge in [0.15, 0.2) is 0 Å². The number of nitrogens with zero attached hydrogens (tertiary/aromatic N) is 1. The van der Waals surface area contributed by atoms with Gasteiger partial charge in [0.2, 0.25) is 5.91 Å². The van der Waals surface area contributed by atoms with Crippen LogP contribution in [0.25, 0.3) is 0 Å². The Labute approximate surface area is 121 Å². The van der Waals surface area contributed by atoms with Crippen LogP contribution >= 0.6 is 0 Å². The van der Waals surface area contributed by atoms with Crippen LogP contribution in [0.3, 0.4) is 0 Å². The highest BCUT2D eigenvalue weighted by Crippen LogP contribution is 2.12. The average Bonchev–Trinajstić information content (AvgIpc) is 2.41. The van der Waals surface area contributed by atoms with Crippen molar-refractivity contribution in [1.82, 2.24) is 4.90 Å². The third kappa shape index (κ3) is 4.62. The van der Waals surface area contributed by atoms with E-state index >= 15 is 0 Å². The van der Waals surface area contributed by atoms with Gasteiger partial charge in [-0.15, -0.1) is 0 Å². The molecule has 4 nitrogen and oxygen atoms in total. The van der Waals surface area contributed by atoms with Crippen molar-refractivity contribution in [3.05, 3.63) is 29.8 Å². The van der Waals surface area contributed by atoms with Crippen molar-refractivity contribution in [2.45, 2.75) is 38.6 Å². The number of aryl methyl sites for hydroxylation is 1. The molecule has 4 heteroatoms. The summed E-state index contributed by atoms with van der Waals surface area (Å²) in [5, 5.41) is 2.95. The van der Waals surface area contributed by atoms with E-state index in [2.05, 4.69) is 29.3 Å². The number of nitrogens with two attached hydrogens (primary N) is 1. The van der Waals surface area contributed by atoms with E-state index in [1.165, 1.54) is 5.56 Å². The van der Waals surface area contributed by atoms with Crippen LogP contribution in [0.15, 0.2) is 24.3 Å². The molecule has 110 valence electrons. The minimum Gasteiger partial charge on any atom is -0.327 e. The summed E-state index contributed by atoms with van der Waals surface area (Å²) >= 11 is 0. The first kappa shape index (κ1) is 15.0. The summed E-state index contributed by atoms with van der Waals surface area (Å²) in [6.07, 6.45) is 4.37. The Balaban J connectivity index is 1.81. The first-order valence-corrected chi connectivity index (χ1v) is 7.54. The molecule has 1 atom stereocenters. The number of piperidine rings is 1. The number of carbonyl (C=O) groups is 1. The van der Waals surface area contributed by atoms with Gasteiger partial charge in [0, 0.05) is 18.3 Å². The molecule has 0 radical (unpaired) electrons. The predicted molar refractivity (Wildman–Crippen MR) is 82.7 cm³/mol. The fourth-order valence-electron chi connectivity index (χ4n) is 2.68. The van der Waals surface area contributed by atoms with Crippen molar-refractivity contribution in [3.63, 3.8) is 0 Å². The zero-order chi connectivity index (χ0) is 14.4. The highest BCUT2D eigenvalue weighted by molar-refractivity contribution is 5.92. The lowest BCUT2D eigenvalue weighted by molar-refractivity contribution is -0.117. The molecule has 0 saturated carbocycles. The van der Waals surface area contributed by atoms with E-state index in [0.29, 0.717) is 6.54 Å². The Hall–Kier alpha value is -1.39. The number of carbonyl (C=O) groups excluding carboxylic acids is 1. The predicted octanol–water partition coefficient (Wildman–Crippen LogP) is 2.00. The molecule has 2 rings (SSSR count). The van der Waals surface area contributed by atoms with Crippen molar-refractivity contribution in [2.75, 3.05) is 25.0 Å². The molecule has 1 saturated heterocycles. The Bertz CT molecular complexity index is 430. The van der Waals surface area contributed by atoms with E-state index in [4.69, 9.17) is 5.73 Å². The number of amides is 1. The first-order valence-electron chi connectivity index (χ1n) is 7.54. The van der Waals surface area contributed by atoms with Crippen LogP contribution in [0.5, 0.6) is 0 Å². The third-order valence-corrected chi connectivity index (χ3v) is 3.69. The van der Waals surface area contributed by atoms with Crippen molar-refractivity contribution in [2.24, 2.45) is 5.73 Å². The van der Waals surface area contributed by atoms with Crippen LogP contribution in [-0.2, 0) is 11.2 Å². The van der Waals surface area contributed by atoms with Gasteiger partial charge < -0.3 is 11.1 Å². The number of hydrogen-bond acceptors (Lipinski definition) is 3. The largest absolute Gasteiger partial charge is 0.327 e. The molecule has 3 N–H and O–H groups in total. The number of anilines is 1. The summed E-state index contributed by atoms with van der Waals surface area (Å²) in [6.45, 7) is 4.39. The number of hydrogen-bond donors (Lipinski definition) is 2. The van der Waals surface area contributed by atoms with E-state index in [-0.39, 0.29) is 11.9 Å². The zero-order valence-electron chi connectivity index (χ0n) is 12.3. The number of nitrogens with one attached hydrogen (secondary N) is 1. The maximum absolute atomic E-state index is 12.0. The molecule has 1 heterocycles. The molecule has 1 aliphatic rings. The van der Waals surface area contributed by atoms with E-state index in [0.717, 1.165) is 44.5 Å². The van der Waals surface area contributed by atoms with Crippen LogP contribution in [0, 0.1) is 0 Å². The Kier molecular flexibility index (Phi) is 5.56. The standard InChI is InChI=1S/C16H25N3O/c1-2-4-13-6-8-15(9-7-13)18-16(20)12-19-10-3-5-14(17)11-19/h6-9,14H,2-5,10-12,17H2,1H3,(H,18,20)/t14-/m1/s1. The molecule has 1 aliphatic heterocycles. The van der Waals surface area contributed by atoms with Gasteiger partial charge in [-0.2, -0.15) is 0 Å². The van der Waals surface area contributed by atoms with Gasteiger partial charge in [0.25, 0.3) is 0 Å². The second-order valence-corrected chi connectivity index (χ2v) is 5.63. The van der Waals surface area contributed by atoms with Gasteiger partial charge in [-0.3, -0.25) is 9.69 Å². The zero-order valence-corrected chi connectivity index (χ0v) is 12.3. The number of benzene rings is 1. The van der Waals surface area contributed by atoms with Crippen LogP contribution < -0.4 is 11.1 Å². The van der Waals surface area contributed by atoms with Gasteiger partial charge in [0.1, 0.15) is 0 Å². The van der Waals surface area contributed by atoms with Crippen molar-refractivity contribution >= 4 is 11.6 Å². The Morgan fingerprint density at radius 3 is 2.80 bits per heavy atom. The fourth-order valence-corrected chi connectivity index (χ4v) is 2.68. The highest BCUT2D eigenvalue weighted by Gasteiger charge is 2.18. The van der Waals surface area contributed by atoms with Gasteiger partial charge in [-0.05, 0) is 43.5 Å². The lowest BCUT2D eigenvalue weighted by Crippen LogP contribution is -2.45. The lowest BCUT2D eigenvalue weighted by Gasteiger charge is -2.29. The molecule has 0 unspecified atom stereocenters. The van der Waals surface area contributed by atoms with Crippen molar-refractivity contribution in [3.8, 4) is 0 Å². The molecule has 20 heavy (non-hydrogen) atoms. The highest BCUT2D eigenvalue weighted by atomic mass is 16.2. The van der Waals surface area contributed by atoms with E-state index in [1.54, 1.807) is 0 Å². The second kappa shape index (κ2) is 7.41. The maximum Gasteiger partial charge on any atom is 0.238 e. The molecular weight excluding hydrogens is 250 g/mol. The molecule has 0 aliphatic carbocycles. The monoisotopic (exact) mass is 275 g/mol. The third-order valence-electron chi connectivity index (χ3n) is 3.69. The van der Waals surface area contributed by atoms with Gasteiger partial charge >= 0.3 is 0 Å². The molecule has 1 amide bonds. The minimum atomic E-state index is 0.0438. The Morgan fingerprint density at radius 2 is 2.15 bits per heavy atom. The minimum absolute atomic E-state index is 0.0438. The molecular formula is C16H25N3O. The SMILES string of the molecule is CCCc1ccc(NC(=O)CN2CCC[C@@H](N)C2)cc1. The molecule has 0 bridgehead atoms. The van der Waals surface area contributed by atoms with E-state index < -0.39 is 0 Å². The van der Waals surface area contributed by atoms with Crippen LogP contribution in [-0.4, -0.2) is 36.5 Å². The van der Waals surface area contributed by atoms with E-state index in [1.807, 2.05) is 12.1 Å². The smallest absolute Gasteiger partial charge is 0.238 e. The van der Waals surface area contributed by atoms with Crippen LogP contribution in [0.1, 0.15) is 31.7 Å². The normalized spacial score (nSPS) is 19.8. The quantitative estimate of drug-likeness (QED) is 0.864. The molecule has 1 aromatic carbocycles. The van der Waals surface area contributed by atoms with Crippen molar-refractivity contribution < 1.29 is 4.79 Å². The molecule has 1 aromatic rings. The topological polar surface area (TPSA) is 58.4 Å². The number of rotatable bonds is 5. The fraction of sp³-hybridized carbons (Fsp3) is 0.562. The average molecular weight is 275 g/mol. The maximum atomic E-state index is 12.0. The summed E-state index contributed by atoms with van der Waals surface area (Å²) in [4.78, 5) is 14.1. The summed E-state index contributed by atoms with van der Waals surface area (Å²) < 4.78 is 0. The van der Waals surface area contributed by atoms with Gasteiger partial charge in [0.05, 0.1) is 6.54 Å². The van der Waals surface area contributed by atoms with Crippen LogP contribution in [0.2, 0.25) is 0 Å². The first-order chi connectivity index (χ1) is 9.67. The summed E-state index contributed by atoms with van der Waals surface area (Å²) in [5.41, 5.74) is 8.11. The summed E-state index contributed by atoms with van der Waals surface area (Å²) in [6, 6.07) is 8.33. The molecule has 0 spiro atoms. The summed E-state index contributed by atoms with van der Waals surface area (Å²) in [7, 11) is 0. The van der Waals surface area contributed by atoms with Gasteiger partial charge in [-0.25, -0.2) is 0 Å². The second-order valence-electron chi connectivity index (χ2n) is 5.63. The molecule has 1 fully saturated rings. The summed E-state index contributed by atoms with van der Waals surface area (Å²) in [5.74, 6) is 0.0438. The van der Waals surface area contributed by atoms with Crippen molar-refractivity contribution in [1.29, 1.82) is 0 Å². The van der Waals surface area contributed by atoms with Crippen LogP contribution in [0.4, 0.5) is 5.69 Å².